The van der Waals surface area contributed by atoms with Crippen LogP contribution >= 0.6 is 0 Å². The number of ether oxygens (including phenoxy) is 8. The Labute approximate surface area is 343 Å². The molecule has 2 aliphatic heterocycles. The fourth-order valence-electron chi connectivity index (χ4n) is 6.12. The monoisotopic (exact) mass is 840 g/mol. The van der Waals surface area contributed by atoms with Gasteiger partial charge in [-0.15, -0.1) is 0 Å². The molecular weight excluding hydrogens is 766 g/mol. The van der Waals surface area contributed by atoms with Crippen molar-refractivity contribution in [1.82, 2.24) is 31.1 Å². The van der Waals surface area contributed by atoms with Gasteiger partial charge in [0, 0.05) is 72.4 Å². The van der Waals surface area contributed by atoms with E-state index in [1.807, 2.05) is 4.90 Å². The summed E-state index contributed by atoms with van der Waals surface area (Å²) in [4.78, 5) is 39.7. The Kier molecular flexibility index (Phi) is 30.5. The lowest BCUT2D eigenvalue weighted by Crippen LogP contribution is -2.63. The highest BCUT2D eigenvalue weighted by Crippen LogP contribution is 2.25. The molecule has 2 aliphatic rings. The Bertz CT molecular complexity index is 1050. The molecule has 2 rings (SSSR count). The van der Waals surface area contributed by atoms with Crippen LogP contribution in [0.4, 0.5) is 9.59 Å². The molecular formula is C37H73N7O14. The van der Waals surface area contributed by atoms with Gasteiger partial charge in [0.25, 0.3) is 0 Å². The van der Waals surface area contributed by atoms with Crippen LogP contribution in [0.5, 0.6) is 0 Å². The maximum Gasteiger partial charge on any atom is 0.317 e. The molecule has 2 heterocycles. The number of carbonyl (C=O) groups is 3. The summed E-state index contributed by atoms with van der Waals surface area (Å²) in [6.07, 6.45) is -0.970. The van der Waals surface area contributed by atoms with Crippen molar-refractivity contribution in [2.24, 2.45) is 5.73 Å². The number of aliphatic hydroxyl groups is 3. The van der Waals surface area contributed by atoms with Crippen LogP contribution < -0.4 is 27.0 Å². The van der Waals surface area contributed by atoms with Crippen LogP contribution in [0.25, 0.3) is 0 Å². The van der Waals surface area contributed by atoms with E-state index < -0.39 is 37.1 Å². The molecule has 58 heavy (non-hydrogen) atoms. The number of nitrogens with zero attached hydrogens (tertiary/aromatic N) is 2. The van der Waals surface area contributed by atoms with Gasteiger partial charge >= 0.3 is 12.1 Å². The Morgan fingerprint density at radius 1 is 0.638 bits per heavy atom. The zero-order valence-corrected chi connectivity index (χ0v) is 34.5. The largest absolute Gasteiger partial charge is 0.394 e. The van der Waals surface area contributed by atoms with Gasteiger partial charge < -0.3 is 85.1 Å². The topological polar surface area (TPSA) is 266 Å². The van der Waals surface area contributed by atoms with Crippen molar-refractivity contribution in [2.45, 2.75) is 63.1 Å². The number of hydrogen-bond acceptors (Lipinski definition) is 16. The van der Waals surface area contributed by atoms with E-state index in [0.717, 1.165) is 38.9 Å². The number of urea groups is 2. The Balaban J connectivity index is 1.25. The van der Waals surface area contributed by atoms with Gasteiger partial charge in [0.2, 0.25) is 5.91 Å². The van der Waals surface area contributed by atoms with Crippen molar-refractivity contribution in [3.8, 4) is 0 Å². The third-order valence-corrected chi connectivity index (χ3v) is 9.23. The van der Waals surface area contributed by atoms with E-state index in [1.165, 1.54) is 6.92 Å². The predicted octanol–water partition coefficient (Wildman–Crippen LogP) is -2.77. The molecule has 0 radical (unpaired) electrons. The molecule has 5 atom stereocenters. The zero-order chi connectivity index (χ0) is 42.1. The molecule has 0 aromatic rings. The van der Waals surface area contributed by atoms with Gasteiger partial charge in [-0.1, -0.05) is 12.8 Å². The third kappa shape index (κ3) is 24.5. The first-order chi connectivity index (χ1) is 28.3. The normalized spacial score (nSPS) is 21.2. The van der Waals surface area contributed by atoms with Crippen molar-refractivity contribution in [3.05, 3.63) is 0 Å². The van der Waals surface area contributed by atoms with Crippen LogP contribution in [0.2, 0.25) is 0 Å². The van der Waals surface area contributed by atoms with Gasteiger partial charge in [-0.05, 0) is 12.8 Å². The lowest BCUT2D eigenvalue weighted by atomic mass is 9.90. The molecule has 2 saturated heterocycles. The van der Waals surface area contributed by atoms with Crippen LogP contribution in [-0.2, 0) is 42.7 Å². The molecule has 5 amide bonds. The van der Waals surface area contributed by atoms with E-state index in [0.29, 0.717) is 138 Å². The highest BCUT2D eigenvalue weighted by molar-refractivity contribution is 5.74. The smallest absolute Gasteiger partial charge is 0.317 e. The fourth-order valence-corrected chi connectivity index (χ4v) is 6.12. The molecule has 0 aliphatic carbocycles. The van der Waals surface area contributed by atoms with Crippen LogP contribution in [0.15, 0.2) is 0 Å². The second kappa shape index (κ2) is 34.2. The van der Waals surface area contributed by atoms with E-state index in [9.17, 15) is 29.7 Å². The maximum absolute atomic E-state index is 12.2. The summed E-state index contributed by atoms with van der Waals surface area (Å²) in [7, 11) is 0. The number of amides is 5. The number of hydrogen-bond donors (Lipinski definition) is 8. The maximum atomic E-state index is 12.2. The standard InChI is InChI=1S/C37H73N7O14/c1-30(46)42-33-31(58-32(29-45)34(47)35(33)48)5-3-2-4-15-51-19-20-52-16-7-39-36(49)40-8-17-53-21-23-55-25-27-57-28-26-56-24-22-54-18-9-41-37(50)44-13-11-43(10-6-38)12-14-44/h31-35,45,47-48H,2-29,38H2,1H3,(H,41,50)(H,42,46)(H2,39,40,49)/t31-,32-,33+,34+,35-/m1/s1. The van der Waals surface area contributed by atoms with Gasteiger partial charge in [-0.2, -0.15) is 0 Å². The van der Waals surface area contributed by atoms with Crippen molar-refractivity contribution >= 4 is 18.0 Å². The second-order valence-electron chi connectivity index (χ2n) is 13.8. The summed E-state index contributed by atoms with van der Waals surface area (Å²) in [5.74, 6) is -0.332. The summed E-state index contributed by atoms with van der Waals surface area (Å²) in [5.41, 5.74) is 5.59. The van der Waals surface area contributed by atoms with Gasteiger partial charge in [0.1, 0.15) is 18.3 Å². The molecule has 0 spiro atoms. The van der Waals surface area contributed by atoms with E-state index in [-0.39, 0.29) is 18.0 Å². The summed E-state index contributed by atoms with van der Waals surface area (Å²) in [6.45, 7) is 12.6. The first kappa shape index (κ1) is 51.6. The van der Waals surface area contributed by atoms with E-state index in [1.54, 1.807) is 0 Å². The Morgan fingerprint density at radius 3 is 1.60 bits per heavy atom. The summed E-state index contributed by atoms with van der Waals surface area (Å²) < 4.78 is 44.2. The number of carbonyl (C=O) groups excluding carboxylic acids is 3. The van der Waals surface area contributed by atoms with Crippen molar-refractivity contribution < 1.29 is 67.6 Å². The summed E-state index contributed by atoms with van der Waals surface area (Å²) >= 11 is 0. The quantitative estimate of drug-likeness (QED) is 0.0305. The molecule has 21 nitrogen and oxygen atoms in total. The van der Waals surface area contributed by atoms with Crippen molar-refractivity contribution in [1.29, 1.82) is 0 Å². The molecule has 0 saturated carbocycles. The molecule has 0 aromatic carbocycles. The molecule has 0 bridgehead atoms. The van der Waals surface area contributed by atoms with Gasteiger partial charge in [-0.25, -0.2) is 9.59 Å². The lowest BCUT2D eigenvalue weighted by Gasteiger charge is -2.42. The van der Waals surface area contributed by atoms with Gasteiger partial charge in [-0.3, -0.25) is 9.69 Å². The van der Waals surface area contributed by atoms with Crippen LogP contribution in [0.1, 0.15) is 32.6 Å². The van der Waals surface area contributed by atoms with Crippen LogP contribution in [0.3, 0.4) is 0 Å². The fraction of sp³-hybridized carbons (Fsp3) is 0.919. The number of nitrogens with two attached hydrogens (primary N) is 1. The molecule has 2 fully saturated rings. The number of piperazine rings is 1. The average Bonchev–Trinajstić information content (AvgIpc) is 3.21. The van der Waals surface area contributed by atoms with Crippen molar-refractivity contribution in [3.63, 3.8) is 0 Å². The third-order valence-electron chi connectivity index (χ3n) is 9.23. The Hall–Kier alpha value is -2.51. The first-order valence-electron chi connectivity index (χ1n) is 20.7. The van der Waals surface area contributed by atoms with E-state index >= 15 is 0 Å². The minimum absolute atomic E-state index is 0.0618. The van der Waals surface area contributed by atoms with Gasteiger partial charge in [0.15, 0.2) is 0 Å². The average molecular weight is 840 g/mol. The molecule has 21 heteroatoms. The highest BCUT2D eigenvalue weighted by atomic mass is 16.6. The zero-order valence-electron chi connectivity index (χ0n) is 34.5. The minimum Gasteiger partial charge on any atom is -0.394 e. The predicted molar refractivity (Wildman–Crippen MR) is 211 cm³/mol. The minimum atomic E-state index is -1.28. The van der Waals surface area contributed by atoms with Gasteiger partial charge in [0.05, 0.1) is 105 Å². The van der Waals surface area contributed by atoms with Crippen LogP contribution in [0, 0.1) is 0 Å². The molecule has 340 valence electrons. The second-order valence-corrected chi connectivity index (χ2v) is 13.8. The Morgan fingerprint density at radius 2 is 1.12 bits per heavy atom. The SMILES string of the molecule is CC(=O)N[C@@H]1[C@@H](O)[C@@H](O)[C@@H](CO)O[C@@H]1CCCCCOCCOCCNC(=O)NCCOCCOCCOCCOCCOCCNC(=O)N1CCN(CCN)CC1. The first-order valence-corrected chi connectivity index (χ1v) is 20.7. The molecule has 0 unspecified atom stereocenters. The molecule has 0 aromatic heterocycles. The number of unbranched alkanes of at least 4 members (excludes halogenated alkanes) is 2. The highest BCUT2D eigenvalue weighted by Gasteiger charge is 2.44. The number of aliphatic hydroxyl groups excluding tert-OH is 3. The number of rotatable bonds is 34. The number of nitrogens with one attached hydrogen (secondary N) is 4. The summed E-state index contributed by atoms with van der Waals surface area (Å²) in [5, 5.41) is 40.9. The van der Waals surface area contributed by atoms with Crippen molar-refractivity contribution in [2.75, 3.05) is 158 Å². The summed E-state index contributed by atoms with van der Waals surface area (Å²) in [6, 6.07) is -1.11. The van der Waals surface area contributed by atoms with E-state index in [2.05, 4.69) is 26.2 Å². The lowest BCUT2D eigenvalue weighted by molar-refractivity contribution is -0.196. The molecule has 9 N–H and O–H groups in total. The van der Waals surface area contributed by atoms with Crippen LogP contribution in [-0.4, -0.2) is 232 Å². The van der Waals surface area contributed by atoms with E-state index in [4.69, 9.17) is 43.6 Å².